The highest BCUT2D eigenvalue weighted by molar-refractivity contribution is 6.21. The van der Waals surface area contributed by atoms with Gasteiger partial charge in [-0.05, 0) is 43.7 Å². The zero-order valence-electron chi connectivity index (χ0n) is 11.7. The van der Waals surface area contributed by atoms with E-state index in [0.29, 0.717) is 11.1 Å². The topological polar surface area (TPSA) is 71.3 Å². The van der Waals surface area contributed by atoms with Crippen molar-refractivity contribution < 1.29 is 14.0 Å². The number of carbonyl (C=O) groups is 2. The summed E-state index contributed by atoms with van der Waals surface area (Å²) in [6, 6.07) is 9.28. The average Bonchev–Trinajstić information content (AvgIpc) is 3.06. The molecule has 1 unspecified atom stereocenters. The maximum atomic E-state index is 11.6. The van der Waals surface area contributed by atoms with E-state index in [2.05, 4.69) is 17.6 Å². The van der Waals surface area contributed by atoms with Crippen LogP contribution in [-0.4, -0.2) is 17.9 Å². The Morgan fingerprint density at radius 1 is 1.19 bits per heavy atom. The summed E-state index contributed by atoms with van der Waals surface area (Å²) in [5.74, 6) is 0.303. The molecule has 2 aromatic rings. The quantitative estimate of drug-likeness (QED) is 0.828. The van der Waals surface area contributed by atoms with Crippen LogP contribution >= 0.6 is 0 Å². The van der Waals surface area contributed by atoms with Crippen LogP contribution in [0.15, 0.2) is 41.0 Å². The van der Waals surface area contributed by atoms with Gasteiger partial charge in [0.25, 0.3) is 11.8 Å². The fraction of sp³-hybridized carbons (Fsp3) is 0.250. The first-order valence-corrected chi connectivity index (χ1v) is 6.92. The van der Waals surface area contributed by atoms with Crippen molar-refractivity contribution in [1.82, 2.24) is 5.32 Å². The molecule has 0 bridgehead atoms. The monoisotopic (exact) mass is 284 g/mol. The summed E-state index contributed by atoms with van der Waals surface area (Å²) >= 11 is 0. The van der Waals surface area contributed by atoms with Crippen molar-refractivity contribution in [2.24, 2.45) is 0 Å². The summed E-state index contributed by atoms with van der Waals surface area (Å²) in [5.41, 5.74) is 1.71. The van der Waals surface area contributed by atoms with Gasteiger partial charge in [0.1, 0.15) is 5.76 Å². The molecule has 1 aliphatic heterocycles. The molecule has 1 aliphatic rings. The van der Waals surface area contributed by atoms with E-state index in [0.717, 1.165) is 24.3 Å². The van der Waals surface area contributed by atoms with Crippen LogP contribution in [0.3, 0.4) is 0 Å². The van der Waals surface area contributed by atoms with Crippen molar-refractivity contribution >= 4 is 17.5 Å². The molecular formula is C16H16N2O3. The highest BCUT2D eigenvalue weighted by Gasteiger charge is 2.26. The maximum absolute atomic E-state index is 11.6. The van der Waals surface area contributed by atoms with Crippen molar-refractivity contribution in [2.75, 3.05) is 5.32 Å². The minimum atomic E-state index is -0.332. The highest BCUT2D eigenvalue weighted by Crippen LogP contribution is 2.21. The van der Waals surface area contributed by atoms with E-state index in [1.54, 1.807) is 18.4 Å². The lowest BCUT2D eigenvalue weighted by atomic mass is 10.1. The largest absolute Gasteiger partial charge is 0.469 e. The van der Waals surface area contributed by atoms with Crippen LogP contribution < -0.4 is 10.6 Å². The zero-order valence-corrected chi connectivity index (χ0v) is 11.7. The molecule has 1 aromatic heterocycles. The van der Waals surface area contributed by atoms with E-state index in [9.17, 15) is 9.59 Å². The van der Waals surface area contributed by atoms with E-state index >= 15 is 0 Å². The standard InChI is InChI=1S/C16H16N2O3/c1-10(4-6-12-3-2-8-21-12)17-11-5-7-13-14(9-11)16(20)18-15(13)19/h2-3,5,7-10,17H,4,6H2,1H3,(H,18,19,20). The third kappa shape index (κ3) is 2.81. The van der Waals surface area contributed by atoms with E-state index in [4.69, 9.17) is 4.42 Å². The van der Waals surface area contributed by atoms with Gasteiger partial charge in [-0.1, -0.05) is 0 Å². The lowest BCUT2D eigenvalue weighted by Gasteiger charge is -2.15. The molecule has 2 N–H and O–H groups in total. The Morgan fingerprint density at radius 3 is 2.76 bits per heavy atom. The Kier molecular flexibility index (Phi) is 3.48. The van der Waals surface area contributed by atoms with Crippen LogP contribution in [0.4, 0.5) is 5.69 Å². The molecule has 5 nitrogen and oxygen atoms in total. The van der Waals surface area contributed by atoms with E-state index < -0.39 is 0 Å². The molecule has 21 heavy (non-hydrogen) atoms. The minimum Gasteiger partial charge on any atom is -0.469 e. The fourth-order valence-electron chi connectivity index (χ4n) is 2.43. The van der Waals surface area contributed by atoms with Crippen LogP contribution in [-0.2, 0) is 6.42 Å². The van der Waals surface area contributed by atoms with Crippen molar-refractivity contribution in [3.8, 4) is 0 Å². The summed E-state index contributed by atoms with van der Waals surface area (Å²) in [5, 5.41) is 5.62. The smallest absolute Gasteiger partial charge is 0.259 e. The molecule has 0 aliphatic carbocycles. The van der Waals surface area contributed by atoms with Gasteiger partial charge in [-0.15, -0.1) is 0 Å². The molecule has 2 heterocycles. The molecule has 1 aromatic carbocycles. The molecule has 2 amide bonds. The van der Waals surface area contributed by atoms with Crippen molar-refractivity contribution in [2.45, 2.75) is 25.8 Å². The highest BCUT2D eigenvalue weighted by atomic mass is 16.3. The predicted molar refractivity (Wildman–Crippen MR) is 78.4 cm³/mol. The first-order valence-electron chi connectivity index (χ1n) is 6.92. The molecule has 0 spiro atoms. The molecule has 0 fully saturated rings. The van der Waals surface area contributed by atoms with Crippen LogP contribution in [0.5, 0.6) is 0 Å². The number of furan rings is 1. The Labute approximate surface area is 122 Å². The third-order valence-electron chi connectivity index (χ3n) is 3.55. The maximum Gasteiger partial charge on any atom is 0.259 e. The lowest BCUT2D eigenvalue weighted by Crippen LogP contribution is -2.20. The molecule has 108 valence electrons. The number of benzene rings is 1. The molecule has 0 radical (unpaired) electrons. The summed E-state index contributed by atoms with van der Waals surface area (Å²) in [4.78, 5) is 23.1. The molecule has 0 saturated heterocycles. The first-order chi connectivity index (χ1) is 10.1. The first kappa shape index (κ1) is 13.4. The number of imide groups is 1. The van der Waals surface area contributed by atoms with E-state index in [1.807, 2.05) is 18.2 Å². The summed E-state index contributed by atoms with van der Waals surface area (Å²) in [6.45, 7) is 2.07. The number of nitrogens with one attached hydrogen (secondary N) is 2. The Bertz CT molecular complexity index is 677. The van der Waals surface area contributed by atoms with Gasteiger partial charge in [-0.2, -0.15) is 0 Å². The second kappa shape index (κ2) is 5.44. The van der Waals surface area contributed by atoms with Gasteiger partial charge >= 0.3 is 0 Å². The normalized spacial score (nSPS) is 14.7. The Morgan fingerprint density at radius 2 is 2.00 bits per heavy atom. The number of hydrogen-bond donors (Lipinski definition) is 2. The summed E-state index contributed by atoms with van der Waals surface area (Å²) in [6.07, 6.45) is 3.43. The van der Waals surface area contributed by atoms with Crippen molar-refractivity contribution in [3.05, 3.63) is 53.5 Å². The third-order valence-corrected chi connectivity index (χ3v) is 3.55. The van der Waals surface area contributed by atoms with Crippen LogP contribution in [0, 0.1) is 0 Å². The van der Waals surface area contributed by atoms with Crippen LogP contribution in [0.1, 0.15) is 39.8 Å². The van der Waals surface area contributed by atoms with Gasteiger partial charge in [0.2, 0.25) is 0 Å². The van der Waals surface area contributed by atoms with Gasteiger partial charge in [-0.3, -0.25) is 14.9 Å². The van der Waals surface area contributed by atoms with Gasteiger partial charge in [-0.25, -0.2) is 0 Å². The molecule has 1 atom stereocenters. The lowest BCUT2D eigenvalue weighted by molar-refractivity contribution is 0.0879. The van der Waals surface area contributed by atoms with E-state index in [-0.39, 0.29) is 17.9 Å². The SMILES string of the molecule is CC(CCc1ccco1)Nc1ccc2c(c1)C(=O)NC2=O. The zero-order chi connectivity index (χ0) is 14.8. The minimum absolute atomic E-state index is 0.230. The second-order valence-corrected chi connectivity index (χ2v) is 5.21. The molecule has 0 saturated carbocycles. The van der Waals surface area contributed by atoms with Gasteiger partial charge in [0.05, 0.1) is 17.4 Å². The van der Waals surface area contributed by atoms with Gasteiger partial charge in [0, 0.05) is 18.2 Å². The number of amides is 2. The van der Waals surface area contributed by atoms with Crippen LogP contribution in [0.2, 0.25) is 0 Å². The average molecular weight is 284 g/mol. The van der Waals surface area contributed by atoms with Gasteiger partial charge < -0.3 is 9.73 Å². The summed E-state index contributed by atoms with van der Waals surface area (Å²) in [7, 11) is 0. The van der Waals surface area contributed by atoms with Crippen molar-refractivity contribution in [3.63, 3.8) is 0 Å². The fourth-order valence-corrected chi connectivity index (χ4v) is 2.43. The predicted octanol–water partition coefficient (Wildman–Crippen LogP) is 2.60. The van der Waals surface area contributed by atoms with Crippen LogP contribution in [0.25, 0.3) is 0 Å². The number of anilines is 1. The number of carbonyl (C=O) groups excluding carboxylic acids is 2. The van der Waals surface area contributed by atoms with Gasteiger partial charge in [0.15, 0.2) is 0 Å². The Hall–Kier alpha value is -2.56. The number of fused-ring (bicyclic) bond motifs is 1. The van der Waals surface area contributed by atoms with E-state index in [1.165, 1.54) is 0 Å². The Balaban J connectivity index is 1.64. The molecular weight excluding hydrogens is 268 g/mol. The number of aryl methyl sites for hydroxylation is 1. The van der Waals surface area contributed by atoms with Crippen molar-refractivity contribution in [1.29, 1.82) is 0 Å². The summed E-state index contributed by atoms with van der Waals surface area (Å²) < 4.78 is 5.30. The number of rotatable bonds is 5. The molecule has 3 rings (SSSR count). The second-order valence-electron chi connectivity index (χ2n) is 5.21. The number of hydrogen-bond acceptors (Lipinski definition) is 4. The molecule has 5 heteroatoms.